The van der Waals surface area contributed by atoms with E-state index in [0.29, 0.717) is 31.6 Å². The molecule has 1 aromatic carbocycles. The van der Waals surface area contributed by atoms with Crippen molar-refractivity contribution in [2.75, 3.05) is 18.8 Å². The van der Waals surface area contributed by atoms with Crippen molar-refractivity contribution < 1.29 is 13.5 Å². The van der Waals surface area contributed by atoms with E-state index >= 15 is 0 Å². The molecule has 1 saturated heterocycles. The number of halogens is 1. The maximum absolute atomic E-state index is 12.3. The minimum atomic E-state index is -3.60. The van der Waals surface area contributed by atoms with Crippen molar-refractivity contribution in [3.05, 3.63) is 23.2 Å². The summed E-state index contributed by atoms with van der Waals surface area (Å²) in [6.45, 7) is 0.619. The van der Waals surface area contributed by atoms with Gasteiger partial charge in [-0.2, -0.15) is 4.31 Å². The first-order valence-electron chi connectivity index (χ1n) is 5.64. The quantitative estimate of drug-likeness (QED) is 0.798. The summed E-state index contributed by atoms with van der Waals surface area (Å²) in [5.41, 5.74) is 5.97. The zero-order valence-corrected chi connectivity index (χ0v) is 11.3. The first kappa shape index (κ1) is 13.6. The second-order valence-corrected chi connectivity index (χ2v) is 6.64. The molecule has 1 aliphatic heterocycles. The van der Waals surface area contributed by atoms with Crippen LogP contribution in [0.5, 0.6) is 0 Å². The fraction of sp³-hybridized carbons (Fsp3) is 0.455. The molecule has 18 heavy (non-hydrogen) atoms. The summed E-state index contributed by atoms with van der Waals surface area (Å²) in [4.78, 5) is 0.0646. The van der Waals surface area contributed by atoms with Gasteiger partial charge in [-0.25, -0.2) is 8.42 Å². The van der Waals surface area contributed by atoms with E-state index in [2.05, 4.69) is 0 Å². The molecule has 1 fully saturated rings. The summed E-state index contributed by atoms with van der Waals surface area (Å²) in [6.07, 6.45) is 0.482. The molecule has 100 valence electrons. The normalized spacial score (nSPS) is 19.0. The fourth-order valence-electron chi connectivity index (χ4n) is 1.95. The number of piperidine rings is 1. The second kappa shape index (κ2) is 5.05. The lowest BCUT2D eigenvalue weighted by Gasteiger charge is -2.29. The largest absolute Gasteiger partial charge is 0.399 e. The topological polar surface area (TPSA) is 83.6 Å². The third kappa shape index (κ3) is 2.61. The predicted octanol–water partition coefficient (Wildman–Crippen LogP) is 1.07. The van der Waals surface area contributed by atoms with E-state index in [4.69, 9.17) is 17.3 Å². The number of benzene rings is 1. The van der Waals surface area contributed by atoms with E-state index in [1.165, 1.54) is 22.5 Å². The minimum absolute atomic E-state index is 0.0646. The van der Waals surface area contributed by atoms with E-state index in [1.54, 1.807) is 0 Å². The second-order valence-electron chi connectivity index (χ2n) is 4.33. The van der Waals surface area contributed by atoms with Crippen LogP contribution in [-0.4, -0.2) is 37.0 Å². The van der Waals surface area contributed by atoms with Gasteiger partial charge in [0.05, 0.1) is 11.1 Å². The van der Waals surface area contributed by atoms with Crippen LogP contribution in [0.3, 0.4) is 0 Å². The highest BCUT2D eigenvalue weighted by atomic mass is 35.5. The third-order valence-electron chi connectivity index (χ3n) is 3.00. The Morgan fingerprint density at radius 3 is 2.50 bits per heavy atom. The number of hydrogen-bond donors (Lipinski definition) is 2. The number of sulfonamides is 1. The van der Waals surface area contributed by atoms with Gasteiger partial charge in [0.2, 0.25) is 10.0 Å². The Morgan fingerprint density at radius 1 is 1.33 bits per heavy atom. The molecule has 0 aromatic heterocycles. The number of anilines is 1. The Balaban J connectivity index is 2.30. The van der Waals surface area contributed by atoms with Crippen LogP contribution in [0, 0.1) is 0 Å². The van der Waals surface area contributed by atoms with Gasteiger partial charge >= 0.3 is 0 Å². The Labute approximate surface area is 111 Å². The number of hydrogen-bond acceptors (Lipinski definition) is 4. The highest BCUT2D eigenvalue weighted by molar-refractivity contribution is 7.89. The number of aliphatic hydroxyl groups is 1. The van der Waals surface area contributed by atoms with E-state index in [9.17, 15) is 13.5 Å². The van der Waals surface area contributed by atoms with Gasteiger partial charge < -0.3 is 10.8 Å². The van der Waals surface area contributed by atoms with Gasteiger partial charge in [0.15, 0.2) is 0 Å². The molecule has 3 N–H and O–H groups in total. The molecule has 5 nitrogen and oxygen atoms in total. The average molecular weight is 291 g/mol. The molecule has 0 bridgehead atoms. The van der Waals surface area contributed by atoms with Crippen LogP contribution in [0.1, 0.15) is 12.8 Å². The molecule has 0 spiro atoms. The van der Waals surface area contributed by atoms with Crippen LogP contribution in [0.4, 0.5) is 5.69 Å². The molecule has 0 saturated carbocycles. The van der Waals surface area contributed by atoms with Crippen molar-refractivity contribution in [2.24, 2.45) is 0 Å². The van der Waals surface area contributed by atoms with Crippen LogP contribution in [0.15, 0.2) is 23.1 Å². The van der Waals surface area contributed by atoms with Crippen LogP contribution in [0.25, 0.3) is 0 Å². The number of aliphatic hydroxyl groups excluding tert-OH is 1. The molecule has 7 heteroatoms. The monoisotopic (exact) mass is 290 g/mol. The van der Waals surface area contributed by atoms with Crippen molar-refractivity contribution in [3.63, 3.8) is 0 Å². The number of nitrogens with two attached hydrogens (primary N) is 1. The Bertz CT molecular complexity index is 539. The summed E-state index contributed by atoms with van der Waals surface area (Å²) in [5, 5.41) is 9.52. The molecular formula is C11H15ClN2O3S. The van der Waals surface area contributed by atoms with E-state index in [0.717, 1.165) is 0 Å². The maximum atomic E-state index is 12.3. The van der Waals surface area contributed by atoms with E-state index < -0.39 is 16.1 Å². The fourth-order valence-corrected chi connectivity index (χ4v) is 3.94. The van der Waals surface area contributed by atoms with Crippen LogP contribution < -0.4 is 5.73 Å². The van der Waals surface area contributed by atoms with E-state index in [-0.39, 0.29) is 9.92 Å². The lowest BCUT2D eigenvalue weighted by Crippen LogP contribution is -2.40. The van der Waals surface area contributed by atoms with Crippen molar-refractivity contribution in [1.29, 1.82) is 0 Å². The molecule has 0 amide bonds. The first-order valence-corrected chi connectivity index (χ1v) is 7.46. The molecule has 0 unspecified atom stereocenters. The van der Waals surface area contributed by atoms with Gasteiger partial charge in [-0.1, -0.05) is 11.6 Å². The van der Waals surface area contributed by atoms with Gasteiger partial charge in [-0.15, -0.1) is 0 Å². The summed E-state index contributed by atoms with van der Waals surface area (Å²) in [7, 11) is -3.60. The van der Waals surface area contributed by atoms with Crippen LogP contribution >= 0.6 is 11.6 Å². The van der Waals surface area contributed by atoms with Gasteiger partial charge in [-0.3, -0.25) is 0 Å². The molecule has 0 aliphatic carbocycles. The Kier molecular flexibility index (Phi) is 3.82. The molecule has 2 rings (SSSR count). The lowest BCUT2D eigenvalue weighted by atomic mass is 10.1. The van der Waals surface area contributed by atoms with Crippen molar-refractivity contribution in [2.45, 2.75) is 23.8 Å². The van der Waals surface area contributed by atoms with Gasteiger partial charge in [-0.05, 0) is 31.0 Å². The molecular weight excluding hydrogens is 276 g/mol. The smallest absolute Gasteiger partial charge is 0.244 e. The molecule has 1 heterocycles. The Morgan fingerprint density at radius 2 is 1.94 bits per heavy atom. The zero-order chi connectivity index (χ0) is 13.3. The van der Waals surface area contributed by atoms with Gasteiger partial charge in [0, 0.05) is 18.8 Å². The van der Waals surface area contributed by atoms with Crippen molar-refractivity contribution in [3.8, 4) is 0 Å². The van der Waals surface area contributed by atoms with Gasteiger partial charge in [0.25, 0.3) is 0 Å². The van der Waals surface area contributed by atoms with Crippen molar-refractivity contribution >= 4 is 27.3 Å². The van der Waals surface area contributed by atoms with Crippen molar-refractivity contribution in [1.82, 2.24) is 4.31 Å². The van der Waals surface area contributed by atoms with Crippen LogP contribution in [-0.2, 0) is 10.0 Å². The van der Waals surface area contributed by atoms with E-state index in [1.807, 2.05) is 0 Å². The number of nitrogen functional groups attached to an aromatic ring is 1. The first-order chi connectivity index (χ1) is 8.41. The highest BCUT2D eigenvalue weighted by Gasteiger charge is 2.30. The summed E-state index contributed by atoms with van der Waals surface area (Å²) >= 11 is 5.93. The minimum Gasteiger partial charge on any atom is -0.399 e. The maximum Gasteiger partial charge on any atom is 0.244 e. The molecule has 0 radical (unpaired) electrons. The molecule has 1 aromatic rings. The number of rotatable bonds is 2. The summed E-state index contributed by atoms with van der Waals surface area (Å²) in [6, 6.07) is 4.35. The molecule has 0 atom stereocenters. The predicted molar refractivity (Wildman–Crippen MR) is 69.9 cm³/mol. The average Bonchev–Trinajstić information content (AvgIpc) is 2.29. The zero-order valence-electron chi connectivity index (χ0n) is 9.71. The third-order valence-corrected chi connectivity index (χ3v) is 5.38. The van der Waals surface area contributed by atoms with Crippen LogP contribution in [0.2, 0.25) is 5.02 Å². The summed E-state index contributed by atoms with van der Waals surface area (Å²) in [5.74, 6) is 0. The Hall–Kier alpha value is -0.820. The van der Waals surface area contributed by atoms with Gasteiger partial charge in [0.1, 0.15) is 4.90 Å². The highest BCUT2D eigenvalue weighted by Crippen LogP contribution is 2.28. The lowest BCUT2D eigenvalue weighted by molar-refractivity contribution is 0.113. The standard InChI is InChI=1S/C11H15ClN2O3S/c12-10-7-8(13)1-2-11(10)18(16,17)14-5-3-9(15)4-6-14/h1-2,7,9,15H,3-6,13H2. The summed E-state index contributed by atoms with van der Waals surface area (Å²) < 4.78 is 26.0. The number of nitrogens with zero attached hydrogens (tertiary/aromatic N) is 1. The molecule has 1 aliphatic rings. The SMILES string of the molecule is Nc1ccc(S(=O)(=O)N2CCC(O)CC2)c(Cl)c1.